The van der Waals surface area contributed by atoms with Crippen LogP contribution in [-0.2, 0) is 17.9 Å². The maximum Gasteiger partial charge on any atom is 0.222 e. The molecule has 152 valence electrons. The minimum absolute atomic E-state index is 0.0377. The number of carbonyl (C=O) groups excluding carboxylic acids is 1. The standard InChI is InChI=1S/C20H20F2N4O2S/c1-2-28-17-5-3-14(4-6-17)19-24-25-20(29)26(19)8-7-18(27)23-12-13-9-15(21)11-16(22)10-13/h3-6,9-11H,2,7-8,12H2,1H3,(H,23,27)(H,25,29). The van der Waals surface area contributed by atoms with Gasteiger partial charge in [-0.3, -0.25) is 14.5 Å². The Hall–Kier alpha value is -3.07. The molecule has 0 saturated carbocycles. The Balaban J connectivity index is 1.62. The highest BCUT2D eigenvalue weighted by atomic mass is 32.1. The van der Waals surface area contributed by atoms with Gasteiger partial charge in [-0.15, -0.1) is 0 Å². The fraction of sp³-hybridized carbons (Fsp3) is 0.250. The van der Waals surface area contributed by atoms with Crippen LogP contribution in [0.2, 0.25) is 0 Å². The van der Waals surface area contributed by atoms with E-state index in [-0.39, 0.29) is 18.9 Å². The molecule has 9 heteroatoms. The summed E-state index contributed by atoms with van der Waals surface area (Å²) in [4.78, 5) is 12.2. The highest BCUT2D eigenvalue weighted by Crippen LogP contribution is 2.21. The Morgan fingerprint density at radius 1 is 1.21 bits per heavy atom. The third-order valence-corrected chi connectivity index (χ3v) is 4.47. The fourth-order valence-corrected chi connectivity index (χ4v) is 3.05. The van der Waals surface area contributed by atoms with E-state index in [0.717, 1.165) is 17.4 Å². The number of rotatable bonds is 8. The molecular weight excluding hydrogens is 398 g/mol. The summed E-state index contributed by atoms with van der Waals surface area (Å²) in [6.07, 6.45) is 0.135. The molecule has 0 radical (unpaired) electrons. The van der Waals surface area contributed by atoms with Crippen LogP contribution in [-0.4, -0.2) is 27.3 Å². The van der Waals surface area contributed by atoms with Crippen LogP contribution in [0.1, 0.15) is 18.9 Å². The van der Waals surface area contributed by atoms with Gasteiger partial charge in [0.1, 0.15) is 17.4 Å². The minimum Gasteiger partial charge on any atom is -0.494 e. The maximum atomic E-state index is 13.2. The monoisotopic (exact) mass is 418 g/mol. The number of aromatic nitrogens is 3. The molecule has 0 bridgehead atoms. The summed E-state index contributed by atoms with van der Waals surface area (Å²) < 4.78 is 34.0. The molecule has 0 spiro atoms. The van der Waals surface area contributed by atoms with Crippen LogP contribution in [0.25, 0.3) is 11.4 Å². The molecule has 3 rings (SSSR count). The predicted molar refractivity (Wildman–Crippen MR) is 107 cm³/mol. The largest absolute Gasteiger partial charge is 0.494 e. The first kappa shape index (κ1) is 20.7. The molecule has 0 aliphatic carbocycles. The quantitative estimate of drug-likeness (QED) is 0.543. The minimum atomic E-state index is -0.682. The van der Waals surface area contributed by atoms with E-state index in [1.54, 1.807) is 4.57 Å². The highest BCUT2D eigenvalue weighted by Gasteiger charge is 2.11. The lowest BCUT2D eigenvalue weighted by molar-refractivity contribution is -0.121. The van der Waals surface area contributed by atoms with Gasteiger partial charge in [0, 0.05) is 31.1 Å². The van der Waals surface area contributed by atoms with Crippen molar-refractivity contribution in [3.05, 3.63) is 64.4 Å². The molecule has 1 amide bonds. The van der Waals surface area contributed by atoms with E-state index in [4.69, 9.17) is 17.0 Å². The van der Waals surface area contributed by atoms with Gasteiger partial charge in [-0.1, -0.05) is 0 Å². The molecule has 1 aromatic heterocycles. The lowest BCUT2D eigenvalue weighted by Gasteiger charge is -2.09. The van der Waals surface area contributed by atoms with Gasteiger partial charge in [0.25, 0.3) is 0 Å². The molecule has 0 aliphatic rings. The lowest BCUT2D eigenvalue weighted by atomic mass is 10.2. The van der Waals surface area contributed by atoms with Crippen molar-refractivity contribution in [2.45, 2.75) is 26.4 Å². The molecule has 2 N–H and O–H groups in total. The Labute approximate surface area is 171 Å². The van der Waals surface area contributed by atoms with Crippen molar-refractivity contribution in [3.8, 4) is 17.1 Å². The van der Waals surface area contributed by atoms with Crippen molar-refractivity contribution in [2.24, 2.45) is 0 Å². The van der Waals surface area contributed by atoms with Crippen LogP contribution >= 0.6 is 12.2 Å². The van der Waals surface area contributed by atoms with Gasteiger partial charge in [0.05, 0.1) is 6.61 Å². The van der Waals surface area contributed by atoms with E-state index in [1.165, 1.54) is 12.1 Å². The van der Waals surface area contributed by atoms with Gasteiger partial charge in [0.2, 0.25) is 5.91 Å². The molecule has 6 nitrogen and oxygen atoms in total. The van der Waals surface area contributed by atoms with Gasteiger partial charge < -0.3 is 10.1 Å². The van der Waals surface area contributed by atoms with Gasteiger partial charge >= 0.3 is 0 Å². The van der Waals surface area contributed by atoms with Gasteiger partial charge in [0.15, 0.2) is 10.6 Å². The predicted octanol–water partition coefficient (Wildman–Crippen LogP) is 3.99. The SMILES string of the molecule is CCOc1ccc(-c2n[nH]c(=S)n2CCC(=O)NCc2cc(F)cc(F)c2)cc1. The van der Waals surface area contributed by atoms with E-state index in [2.05, 4.69) is 15.5 Å². The molecule has 0 unspecified atom stereocenters. The zero-order chi connectivity index (χ0) is 20.8. The molecule has 29 heavy (non-hydrogen) atoms. The molecule has 1 heterocycles. The first-order valence-electron chi connectivity index (χ1n) is 9.06. The smallest absolute Gasteiger partial charge is 0.222 e. The summed E-state index contributed by atoms with van der Waals surface area (Å²) in [6.45, 7) is 2.83. The van der Waals surface area contributed by atoms with Crippen molar-refractivity contribution in [1.29, 1.82) is 0 Å². The molecule has 3 aromatic rings. The first-order chi connectivity index (χ1) is 14.0. The van der Waals surface area contributed by atoms with Crippen LogP contribution in [0.15, 0.2) is 42.5 Å². The number of benzene rings is 2. The summed E-state index contributed by atoms with van der Waals surface area (Å²) in [7, 11) is 0. The van der Waals surface area contributed by atoms with Gasteiger partial charge in [-0.25, -0.2) is 8.78 Å². The summed E-state index contributed by atoms with van der Waals surface area (Å²) in [5, 5.41) is 9.63. The summed E-state index contributed by atoms with van der Waals surface area (Å²) in [6, 6.07) is 10.6. The van der Waals surface area contributed by atoms with E-state index in [1.807, 2.05) is 31.2 Å². The van der Waals surface area contributed by atoms with Crippen molar-refractivity contribution in [1.82, 2.24) is 20.1 Å². The van der Waals surface area contributed by atoms with Gasteiger partial charge in [-0.05, 0) is 61.1 Å². The second kappa shape index (κ2) is 9.42. The van der Waals surface area contributed by atoms with Crippen molar-refractivity contribution in [3.63, 3.8) is 0 Å². The second-order valence-electron chi connectivity index (χ2n) is 6.27. The summed E-state index contributed by atoms with van der Waals surface area (Å²) in [5.74, 6) is -0.267. The Bertz CT molecular complexity index is 1030. The number of nitrogens with one attached hydrogen (secondary N) is 2. The number of H-pyrrole nitrogens is 1. The van der Waals surface area contributed by atoms with Crippen LogP contribution < -0.4 is 10.1 Å². The average Bonchev–Trinajstić information content (AvgIpc) is 3.05. The third kappa shape index (κ3) is 5.47. The Morgan fingerprint density at radius 2 is 1.90 bits per heavy atom. The highest BCUT2D eigenvalue weighted by molar-refractivity contribution is 7.71. The van der Waals surface area contributed by atoms with Crippen molar-refractivity contribution in [2.75, 3.05) is 6.61 Å². The molecule has 0 fully saturated rings. The number of ether oxygens (including phenoxy) is 1. The average molecular weight is 418 g/mol. The third-order valence-electron chi connectivity index (χ3n) is 4.16. The number of hydrogen-bond donors (Lipinski definition) is 2. The zero-order valence-electron chi connectivity index (χ0n) is 15.7. The summed E-state index contributed by atoms with van der Waals surface area (Å²) >= 11 is 5.27. The number of nitrogens with zero attached hydrogens (tertiary/aromatic N) is 2. The number of amides is 1. The lowest BCUT2D eigenvalue weighted by Crippen LogP contribution is -2.24. The number of carbonyl (C=O) groups is 1. The molecule has 0 aliphatic heterocycles. The molecular formula is C20H20F2N4O2S. The van der Waals surface area contributed by atoms with Gasteiger partial charge in [-0.2, -0.15) is 5.10 Å². The van der Waals surface area contributed by atoms with E-state index < -0.39 is 11.6 Å². The van der Waals surface area contributed by atoms with Crippen LogP contribution in [0.3, 0.4) is 0 Å². The zero-order valence-corrected chi connectivity index (χ0v) is 16.6. The van der Waals surface area contributed by atoms with Crippen LogP contribution in [0.5, 0.6) is 5.75 Å². The van der Waals surface area contributed by atoms with E-state index in [0.29, 0.717) is 29.3 Å². The van der Waals surface area contributed by atoms with Crippen molar-refractivity contribution < 1.29 is 18.3 Å². The fourth-order valence-electron chi connectivity index (χ4n) is 2.83. The molecule has 0 saturated heterocycles. The normalized spacial score (nSPS) is 10.7. The Morgan fingerprint density at radius 3 is 2.55 bits per heavy atom. The van der Waals surface area contributed by atoms with E-state index in [9.17, 15) is 13.6 Å². The number of halogens is 2. The Kier molecular flexibility index (Phi) is 6.71. The number of hydrogen-bond acceptors (Lipinski definition) is 4. The summed E-state index contributed by atoms with van der Waals surface area (Å²) in [5.41, 5.74) is 1.18. The first-order valence-corrected chi connectivity index (χ1v) is 9.47. The second-order valence-corrected chi connectivity index (χ2v) is 6.65. The topological polar surface area (TPSA) is 71.9 Å². The van der Waals surface area contributed by atoms with Crippen LogP contribution in [0.4, 0.5) is 8.78 Å². The maximum absolute atomic E-state index is 13.2. The van der Waals surface area contributed by atoms with Crippen LogP contribution in [0, 0.1) is 16.4 Å². The number of aromatic amines is 1. The van der Waals surface area contributed by atoms with E-state index >= 15 is 0 Å². The molecule has 2 aromatic carbocycles. The molecule has 0 atom stereocenters. The van der Waals surface area contributed by atoms with Crippen molar-refractivity contribution >= 4 is 18.1 Å².